The van der Waals surface area contributed by atoms with Crippen molar-refractivity contribution in [2.45, 2.75) is 25.9 Å². The number of benzene rings is 1. The van der Waals surface area contributed by atoms with Crippen molar-refractivity contribution in [1.82, 2.24) is 20.4 Å². The third kappa shape index (κ3) is 6.76. The molecular formula is C21H31FIN5O3. The van der Waals surface area contributed by atoms with E-state index in [4.69, 9.17) is 4.74 Å². The smallest absolute Gasteiger partial charge is 0.251 e. The predicted molar refractivity (Wildman–Crippen MR) is 127 cm³/mol. The van der Waals surface area contributed by atoms with E-state index in [1.54, 1.807) is 26.1 Å². The molecule has 2 fully saturated rings. The molecule has 2 aliphatic heterocycles. The molecule has 0 aromatic heterocycles. The number of rotatable bonds is 5. The van der Waals surface area contributed by atoms with Crippen LogP contribution in [-0.4, -0.2) is 86.6 Å². The van der Waals surface area contributed by atoms with Gasteiger partial charge in [0.05, 0.1) is 0 Å². The maximum absolute atomic E-state index is 13.6. The van der Waals surface area contributed by atoms with Crippen molar-refractivity contribution < 1.29 is 18.7 Å². The molecule has 8 nitrogen and oxygen atoms in total. The van der Waals surface area contributed by atoms with Crippen molar-refractivity contribution in [3.05, 3.63) is 35.1 Å². The number of hydrogen-bond acceptors (Lipinski definition) is 4. The quantitative estimate of drug-likeness (QED) is 0.252. The summed E-state index contributed by atoms with van der Waals surface area (Å²) in [6.45, 7) is 5.84. The molecule has 0 saturated carbocycles. The standard InChI is InChI=1S/C21H30FN5O3.HI/c1-15-5-6-16(14-17(15)22)19(28)24-7-8-25-21(23-2)27-11-9-26(10-12-27)20(29)18-4-3-13-30-18;/h5-6,14,18H,3-4,7-13H2,1-2H3,(H,23,25)(H,24,28);1H. The molecule has 2 aliphatic rings. The fourth-order valence-corrected chi connectivity index (χ4v) is 3.63. The first-order chi connectivity index (χ1) is 14.5. The molecule has 3 rings (SSSR count). The second-order valence-electron chi connectivity index (χ2n) is 7.51. The van der Waals surface area contributed by atoms with Crippen molar-refractivity contribution in [2.24, 2.45) is 4.99 Å². The van der Waals surface area contributed by atoms with Crippen molar-refractivity contribution in [3.63, 3.8) is 0 Å². The Kier molecular flexibility index (Phi) is 9.94. The summed E-state index contributed by atoms with van der Waals surface area (Å²) in [5.41, 5.74) is 0.809. The van der Waals surface area contributed by atoms with Gasteiger partial charge in [0.1, 0.15) is 11.9 Å². The van der Waals surface area contributed by atoms with Gasteiger partial charge >= 0.3 is 0 Å². The van der Waals surface area contributed by atoms with Crippen LogP contribution in [-0.2, 0) is 9.53 Å². The average Bonchev–Trinajstić information content (AvgIpc) is 3.30. The SMILES string of the molecule is CN=C(NCCNC(=O)c1ccc(C)c(F)c1)N1CCN(C(=O)C2CCCO2)CC1.I. The van der Waals surface area contributed by atoms with Gasteiger partial charge in [-0.15, -0.1) is 24.0 Å². The van der Waals surface area contributed by atoms with E-state index in [1.165, 1.54) is 6.07 Å². The lowest BCUT2D eigenvalue weighted by Gasteiger charge is -2.37. The molecule has 172 valence electrons. The van der Waals surface area contributed by atoms with E-state index in [2.05, 4.69) is 20.5 Å². The lowest BCUT2D eigenvalue weighted by molar-refractivity contribution is -0.142. The van der Waals surface area contributed by atoms with Crippen LogP contribution in [0.5, 0.6) is 0 Å². The van der Waals surface area contributed by atoms with E-state index in [0.29, 0.717) is 57.0 Å². The molecule has 0 spiro atoms. The number of hydrogen-bond donors (Lipinski definition) is 2. The van der Waals surface area contributed by atoms with E-state index in [1.807, 2.05) is 4.90 Å². The van der Waals surface area contributed by atoms with Crippen LogP contribution < -0.4 is 10.6 Å². The first-order valence-electron chi connectivity index (χ1n) is 10.4. The summed E-state index contributed by atoms with van der Waals surface area (Å²) in [6.07, 6.45) is 1.48. The maximum atomic E-state index is 13.6. The fourth-order valence-electron chi connectivity index (χ4n) is 3.63. The number of halogens is 2. The number of ether oxygens (including phenoxy) is 1. The molecule has 2 amide bonds. The summed E-state index contributed by atoms with van der Waals surface area (Å²) in [6, 6.07) is 4.44. The zero-order chi connectivity index (χ0) is 21.5. The summed E-state index contributed by atoms with van der Waals surface area (Å²) in [5, 5.41) is 6.00. The van der Waals surface area contributed by atoms with Crippen LogP contribution in [0.2, 0.25) is 0 Å². The van der Waals surface area contributed by atoms with Crippen molar-refractivity contribution >= 4 is 41.8 Å². The van der Waals surface area contributed by atoms with Crippen LogP contribution in [0.4, 0.5) is 4.39 Å². The highest BCUT2D eigenvalue weighted by Gasteiger charge is 2.30. The molecule has 2 N–H and O–H groups in total. The Bertz CT molecular complexity index is 793. The lowest BCUT2D eigenvalue weighted by atomic mass is 10.1. The van der Waals surface area contributed by atoms with Gasteiger partial charge in [0.15, 0.2) is 5.96 Å². The van der Waals surface area contributed by atoms with E-state index >= 15 is 0 Å². The van der Waals surface area contributed by atoms with Gasteiger partial charge < -0.3 is 25.2 Å². The van der Waals surface area contributed by atoms with Crippen LogP contribution in [0.15, 0.2) is 23.2 Å². The summed E-state index contributed by atoms with van der Waals surface area (Å²) in [7, 11) is 1.71. The summed E-state index contributed by atoms with van der Waals surface area (Å²) in [4.78, 5) is 32.8. The van der Waals surface area contributed by atoms with E-state index < -0.39 is 5.82 Å². The monoisotopic (exact) mass is 547 g/mol. The molecule has 1 aromatic rings. The summed E-state index contributed by atoms with van der Waals surface area (Å²) >= 11 is 0. The summed E-state index contributed by atoms with van der Waals surface area (Å²) in [5.74, 6) is 0.116. The van der Waals surface area contributed by atoms with Crippen LogP contribution in [0, 0.1) is 12.7 Å². The zero-order valence-electron chi connectivity index (χ0n) is 18.0. The number of amides is 2. The molecular weight excluding hydrogens is 516 g/mol. The van der Waals surface area contributed by atoms with Gasteiger partial charge in [0, 0.05) is 58.5 Å². The topological polar surface area (TPSA) is 86.3 Å². The van der Waals surface area contributed by atoms with Gasteiger partial charge in [-0.1, -0.05) is 6.07 Å². The molecule has 1 aromatic carbocycles. The predicted octanol–water partition coefficient (Wildman–Crippen LogP) is 1.38. The number of piperazine rings is 1. The van der Waals surface area contributed by atoms with Gasteiger partial charge in [0.25, 0.3) is 11.8 Å². The van der Waals surface area contributed by atoms with Gasteiger partial charge in [-0.3, -0.25) is 14.6 Å². The Morgan fingerprint density at radius 2 is 1.84 bits per heavy atom. The van der Waals surface area contributed by atoms with Crippen molar-refractivity contribution in [1.29, 1.82) is 0 Å². The first-order valence-corrected chi connectivity index (χ1v) is 10.4. The van der Waals surface area contributed by atoms with Crippen LogP contribution in [0.3, 0.4) is 0 Å². The second kappa shape index (κ2) is 12.2. The third-order valence-electron chi connectivity index (χ3n) is 5.44. The number of aliphatic imine (C=N–C) groups is 1. The Morgan fingerprint density at radius 3 is 2.45 bits per heavy atom. The molecule has 0 bridgehead atoms. The minimum absolute atomic E-state index is 0. The number of carbonyl (C=O) groups is 2. The van der Waals surface area contributed by atoms with Crippen molar-refractivity contribution in [2.75, 3.05) is 52.9 Å². The van der Waals surface area contributed by atoms with Gasteiger partial charge in [-0.05, 0) is 37.5 Å². The third-order valence-corrected chi connectivity index (χ3v) is 5.44. The Hall–Kier alpha value is -1.95. The van der Waals surface area contributed by atoms with E-state index in [0.717, 1.165) is 18.8 Å². The summed E-state index contributed by atoms with van der Waals surface area (Å²) < 4.78 is 19.1. The lowest BCUT2D eigenvalue weighted by Crippen LogP contribution is -2.55. The Labute approximate surface area is 199 Å². The minimum atomic E-state index is -0.390. The van der Waals surface area contributed by atoms with Gasteiger partial charge in [-0.2, -0.15) is 0 Å². The van der Waals surface area contributed by atoms with E-state index in [-0.39, 0.29) is 41.9 Å². The second-order valence-corrected chi connectivity index (χ2v) is 7.51. The van der Waals surface area contributed by atoms with E-state index in [9.17, 15) is 14.0 Å². The average molecular weight is 547 g/mol. The number of nitrogens with zero attached hydrogens (tertiary/aromatic N) is 3. The highest BCUT2D eigenvalue weighted by molar-refractivity contribution is 14.0. The largest absolute Gasteiger partial charge is 0.368 e. The van der Waals surface area contributed by atoms with Gasteiger partial charge in [-0.25, -0.2) is 4.39 Å². The van der Waals surface area contributed by atoms with Crippen LogP contribution in [0.1, 0.15) is 28.8 Å². The molecule has 0 radical (unpaired) electrons. The highest BCUT2D eigenvalue weighted by Crippen LogP contribution is 2.16. The van der Waals surface area contributed by atoms with Crippen LogP contribution >= 0.6 is 24.0 Å². The molecule has 0 aliphatic carbocycles. The molecule has 2 saturated heterocycles. The first kappa shape index (κ1) is 25.3. The van der Waals surface area contributed by atoms with Crippen LogP contribution in [0.25, 0.3) is 0 Å². The Balaban J connectivity index is 0.00000341. The normalized spacial score (nSPS) is 19.1. The maximum Gasteiger partial charge on any atom is 0.251 e. The minimum Gasteiger partial charge on any atom is -0.368 e. The molecule has 10 heteroatoms. The van der Waals surface area contributed by atoms with Crippen molar-refractivity contribution in [3.8, 4) is 0 Å². The highest BCUT2D eigenvalue weighted by atomic mass is 127. The number of guanidine groups is 1. The molecule has 31 heavy (non-hydrogen) atoms. The number of aryl methyl sites for hydroxylation is 1. The fraction of sp³-hybridized carbons (Fsp3) is 0.571. The Morgan fingerprint density at radius 1 is 1.16 bits per heavy atom. The molecule has 1 atom stereocenters. The van der Waals surface area contributed by atoms with Gasteiger partial charge in [0.2, 0.25) is 0 Å². The molecule has 1 unspecified atom stereocenters. The molecule has 2 heterocycles. The number of nitrogens with one attached hydrogen (secondary N) is 2. The number of carbonyl (C=O) groups excluding carboxylic acids is 2. The zero-order valence-corrected chi connectivity index (χ0v) is 20.4.